The highest BCUT2D eigenvalue weighted by atomic mass is 35.5. The second-order valence-corrected chi connectivity index (χ2v) is 7.32. The first-order chi connectivity index (χ1) is 12.1. The average molecular weight is 377 g/mol. The molecule has 0 aromatic heterocycles. The van der Waals surface area contributed by atoms with Gasteiger partial charge in [-0.3, -0.25) is 9.69 Å². The van der Waals surface area contributed by atoms with Gasteiger partial charge in [0.15, 0.2) is 0 Å². The van der Waals surface area contributed by atoms with Crippen LogP contribution in [0.3, 0.4) is 0 Å². The van der Waals surface area contributed by atoms with Crippen LogP contribution in [0.5, 0.6) is 0 Å². The minimum atomic E-state index is 0.000203. The lowest BCUT2D eigenvalue weighted by Gasteiger charge is -2.34. The van der Waals surface area contributed by atoms with Crippen molar-refractivity contribution >= 4 is 34.8 Å². The van der Waals surface area contributed by atoms with E-state index in [4.69, 9.17) is 23.2 Å². The first-order valence-electron chi connectivity index (χ1n) is 8.54. The molecule has 1 amide bonds. The Morgan fingerprint density at radius 1 is 1.12 bits per heavy atom. The topological polar surface area (TPSA) is 23.6 Å². The van der Waals surface area contributed by atoms with Gasteiger partial charge in [-0.15, -0.1) is 0 Å². The van der Waals surface area contributed by atoms with E-state index in [9.17, 15) is 4.79 Å². The predicted molar refractivity (Wildman–Crippen MR) is 104 cm³/mol. The fourth-order valence-electron chi connectivity index (χ4n) is 3.36. The zero-order valence-electron chi connectivity index (χ0n) is 14.3. The van der Waals surface area contributed by atoms with Crippen molar-refractivity contribution in [2.45, 2.75) is 19.4 Å². The molecular weight excluding hydrogens is 355 g/mol. The highest BCUT2D eigenvalue weighted by molar-refractivity contribution is 6.35. The Labute approximate surface area is 159 Å². The van der Waals surface area contributed by atoms with E-state index in [1.807, 2.05) is 55.6 Å². The van der Waals surface area contributed by atoms with Gasteiger partial charge in [0, 0.05) is 41.4 Å². The van der Waals surface area contributed by atoms with Crippen LogP contribution in [0.2, 0.25) is 10.0 Å². The Bertz CT molecular complexity index is 715. The van der Waals surface area contributed by atoms with Crippen molar-refractivity contribution in [3.8, 4) is 0 Å². The first-order valence-corrected chi connectivity index (χ1v) is 9.29. The summed E-state index contributed by atoms with van der Waals surface area (Å²) < 4.78 is 0. The third-order valence-electron chi connectivity index (χ3n) is 4.77. The molecule has 3 rings (SSSR count). The predicted octanol–water partition coefficient (Wildman–Crippen LogP) is 4.87. The standard InChI is InChI=1S/C20H22Cl2N2O/c1-23(16-8-3-2-4-9-16)20(25)15-7-6-12-24(13-15)14-17-18(21)10-5-11-19(17)22/h2-5,8-11,15H,6-7,12-14H2,1H3/t15-/m0/s1. The van der Waals surface area contributed by atoms with Crippen LogP contribution >= 0.6 is 23.2 Å². The van der Waals surface area contributed by atoms with Gasteiger partial charge in [0.05, 0.1) is 5.92 Å². The monoisotopic (exact) mass is 376 g/mol. The molecule has 0 N–H and O–H groups in total. The molecule has 25 heavy (non-hydrogen) atoms. The maximum absolute atomic E-state index is 12.9. The summed E-state index contributed by atoms with van der Waals surface area (Å²) in [6, 6.07) is 15.3. The molecule has 1 aliphatic heterocycles. The van der Waals surface area contributed by atoms with Crippen molar-refractivity contribution in [2.75, 3.05) is 25.0 Å². The smallest absolute Gasteiger partial charge is 0.231 e. The van der Waals surface area contributed by atoms with Gasteiger partial charge in [-0.1, -0.05) is 47.5 Å². The highest BCUT2D eigenvalue weighted by Gasteiger charge is 2.29. The van der Waals surface area contributed by atoms with Gasteiger partial charge in [-0.2, -0.15) is 0 Å². The number of hydrogen-bond acceptors (Lipinski definition) is 2. The number of benzene rings is 2. The second-order valence-electron chi connectivity index (χ2n) is 6.51. The van der Waals surface area contributed by atoms with Gasteiger partial charge < -0.3 is 4.90 Å². The molecule has 2 aromatic carbocycles. The number of nitrogens with zero attached hydrogens (tertiary/aromatic N) is 2. The summed E-state index contributed by atoms with van der Waals surface area (Å²) in [7, 11) is 1.85. The summed E-state index contributed by atoms with van der Waals surface area (Å²) in [5.41, 5.74) is 1.87. The molecule has 0 unspecified atom stereocenters. The van der Waals surface area contributed by atoms with Crippen LogP contribution in [0.1, 0.15) is 18.4 Å². The molecule has 0 spiro atoms. The van der Waals surface area contributed by atoms with Crippen LogP contribution in [0.25, 0.3) is 0 Å². The summed E-state index contributed by atoms with van der Waals surface area (Å²) in [5, 5.41) is 1.37. The zero-order valence-corrected chi connectivity index (χ0v) is 15.8. The van der Waals surface area contributed by atoms with Crippen molar-refractivity contribution in [1.82, 2.24) is 4.90 Å². The van der Waals surface area contributed by atoms with E-state index >= 15 is 0 Å². The molecule has 132 valence electrons. The van der Waals surface area contributed by atoms with E-state index in [1.165, 1.54) is 0 Å². The molecule has 0 aliphatic carbocycles. The number of anilines is 1. The number of likely N-dealkylation sites (tertiary alicyclic amines) is 1. The van der Waals surface area contributed by atoms with Gasteiger partial charge in [0.1, 0.15) is 0 Å². The summed E-state index contributed by atoms with van der Waals surface area (Å²) in [6.07, 6.45) is 1.92. The summed E-state index contributed by atoms with van der Waals surface area (Å²) in [4.78, 5) is 16.9. The fraction of sp³-hybridized carbons (Fsp3) is 0.350. The van der Waals surface area contributed by atoms with Crippen molar-refractivity contribution in [1.29, 1.82) is 0 Å². The number of halogens is 2. The normalized spacial score (nSPS) is 18.1. The number of amides is 1. The van der Waals surface area contributed by atoms with E-state index in [0.29, 0.717) is 16.6 Å². The van der Waals surface area contributed by atoms with Crippen molar-refractivity contribution in [2.24, 2.45) is 5.92 Å². The van der Waals surface area contributed by atoms with Crippen LogP contribution in [0.15, 0.2) is 48.5 Å². The maximum Gasteiger partial charge on any atom is 0.231 e. The van der Waals surface area contributed by atoms with Crippen molar-refractivity contribution in [3.05, 3.63) is 64.1 Å². The van der Waals surface area contributed by atoms with Crippen LogP contribution in [0, 0.1) is 5.92 Å². The van der Waals surface area contributed by atoms with Gasteiger partial charge in [-0.25, -0.2) is 0 Å². The zero-order chi connectivity index (χ0) is 17.8. The lowest BCUT2D eigenvalue weighted by Crippen LogP contribution is -2.43. The molecule has 0 bridgehead atoms. The summed E-state index contributed by atoms with van der Waals surface area (Å²) >= 11 is 12.6. The van der Waals surface area contributed by atoms with E-state index in [1.54, 1.807) is 4.90 Å². The number of carbonyl (C=O) groups excluding carboxylic acids is 1. The molecule has 1 heterocycles. The summed E-state index contributed by atoms with van der Waals surface area (Å²) in [6.45, 7) is 2.37. The van der Waals surface area contributed by atoms with Crippen molar-refractivity contribution < 1.29 is 4.79 Å². The number of rotatable bonds is 4. The molecule has 5 heteroatoms. The van der Waals surface area contributed by atoms with Crippen molar-refractivity contribution in [3.63, 3.8) is 0 Å². The molecule has 3 nitrogen and oxygen atoms in total. The van der Waals surface area contributed by atoms with Gasteiger partial charge in [-0.05, 0) is 43.7 Å². The largest absolute Gasteiger partial charge is 0.315 e. The molecule has 1 fully saturated rings. The maximum atomic E-state index is 12.9. The number of carbonyl (C=O) groups is 1. The van der Waals surface area contributed by atoms with Gasteiger partial charge in [0.2, 0.25) is 5.91 Å². The minimum Gasteiger partial charge on any atom is -0.315 e. The summed E-state index contributed by atoms with van der Waals surface area (Å²) in [5.74, 6) is 0.168. The molecule has 2 aromatic rings. The lowest BCUT2D eigenvalue weighted by molar-refractivity contribution is -0.123. The van der Waals surface area contributed by atoms with Gasteiger partial charge >= 0.3 is 0 Å². The Hall–Kier alpha value is -1.55. The fourth-order valence-corrected chi connectivity index (χ4v) is 3.88. The minimum absolute atomic E-state index is 0.000203. The Kier molecular flexibility index (Phi) is 6.00. The molecular formula is C20H22Cl2N2O. The molecule has 1 aliphatic rings. The molecule has 0 radical (unpaired) electrons. The van der Waals surface area contributed by atoms with Crippen LogP contribution in [0.4, 0.5) is 5.69 Å². The second kappa shape index (κ2) is 8.22. The number of piperidine rings is 1. The highest BCUT2D eigenvalue weighted by Crippen LogP contribution is 2.28. The van der Waals surface area contributed by atoms with E-state index < -0.39 is 0 Å². The number of para-hydroxylation sites is 1. The lowest BCUT2D eigenvalue weighted by atomic mass is 9.96. The Morgan fingerprint density at radius 2 is 1.80 bits per heavy atom. The van der Waals surface area contributed by atoms with E-state index in [2.05, 4.69) is 4.90 Å². The Balaban J connectivity index is 1.68. The molecule has 0 saturated carbocycles. The third-order valence-corrected chi connectivity index (χ3v) is 5.48. The first kappa shape index (κ1) is 18.2. The molecule has 1 saturated heterocycles. The quantitative estimate of drug-likeness (QED) is 0.759. The van der Waals surface area contributed by atoms with Gasteiger partial charge in [0.25, 0.3) is 0 Å². The van der Waals surface area contributed by atoms with E-state index in [0.717, 1.165) is 37.2 Å². The SMILES string of the molecule is CN(C(=O)[C@H]1CCCN(Cc2c(Cl)cccc2Cl)C1)c1ccccc1. The molecule has 1 atom stereocenters. The van der Waals surface area contributed by atoms with E-state index in [-0.39, 0.29) is 11.8 Å². The Morgan fingerprint density at radius 3 is 2.48 bits per heavy atom. The van der Waals surface area contributed by atoms with Crippen LogP contribution in [-0.2, 0) is 11.3 Å². The van der Waals surface area contributed by atoms with Crippen LogP contribution in [-0.4, -0.2) is 30.9 Å². The third kappa shape index (κ3) is 4.35. The van der Waals surface area contributed by atoms with Crippen LogP contribution < -0.4 is 4.90 Å². The number of hydrogen-bond donors (Lipinski definition) is 0. The average Bonchev–Trinajstić information content (AvgIpc) is 2.64.